The normalized spacial score (nSPS) is 26.7. The highest BCUT2D eigenvalue weighted by atomic mass is 15.3. The van der Waals surface area contributed by atoms with Gasteiger partial charge in [-0.2, -0.15) is 0 Å². The summed E-state index contributed by atoms with van der Waals surface area (Å²) in [6, 6.07) is 0. The molecule has 0 aromatic rings. The quantitative estimate of drug-likeness (QED) is 0.758. The van der Waals surface area contributed by atoms with Crippen LogP contribution in [0.5, 0.6) is 0 Å². The summed E-state index contributed by atoms with van der Waals surface area (Å²) in [5.74, 6) is 0. The van der Waals surface area contributed by atoms with Crippen LogP contribution in [0.4, 0.5) is 0 Å². The van der Waals surface area contributed by atoms with E-state index in [1.54, 1.807) is 0 Å². The van der Waals surface area contributed by atoms with Crippen LogP contribution in [0.2, 0.25) is 0 Å². The molecule has 1 aliphatic heterocycles. The maximum atomic E-state index is 3.91. The van der Waals surface area contributed by atoms with Crippen molar-refractivity contribution in [3.05, 3.63) is 0 Å². The van der Waals surface area contributed by atoms with Crippen LogP contribution in [0.25, 0.3) is 0 Å². The fourth-order valence-corrected chi connectivity index (χ4v) is 3.83. The Morgan fingerprint density at radius 2 is 1.74 bits per heavy atom. The predicted molar refractivity (Wildman–Crippen MR) is 83.6 cm³/mol. The topological polar surface area (TPSA) is 15.3 Å². The molecule has 0 bridgehead atoms. The van der Waals surface area contributed by atoms with Crippen molar-refractivity contribution in [3.63, 3.8) is 0 Å². The molecule has 0 atom stereocenters. The van der Waals surface area contributed by atoms with E-state index < -0.39 is 0 Å². The summed E-state index contributed by atoms with van der Waals surface area (Å²) in [6.07, 6.45) is 12.6. The molecule has 2 aliphatic rings. The molecular weight excluding hydrogens is 232 g/mol. The molecule has 2 heteroatoms. The fraction of sp³-hybridized carbons (Fsp3) is 1.00. The minimum absolute atomic E-state index is 0.342. The number of hydrogen-bond donors (Lipinski definition) is 1. The van der Waals surface area contributed by atoms with E-state index in [9.17, 15) is 0 Å². The van der Waals surface area contributed by atoms with Gasteiger partial charge in [0.05, 0.1) is 0 Å². The maximum absolute atomic E-state index is 3.91. The standard InChI is InChI=1S/C17H34N2/c1-4-5-6-10-13-19-15-17(11-8-7-9-12-17)18-14-16(19,2)3/h18H,4-15H2,1-3H3. The van der Waals surface area contributed by atoms with Crippen LogP contribution in [0.3, 0.4) is 0 Å². The van der Waals surface area contributed by atoms with E-state index in [2.05, 4.69) is 31.0 Å². The zero-order chi connectivity index (χ0) is 13.8. The summed E-state index contributed by atoms with van der Waals surface area (Å²) >= 11 is 0. The van der Waals surface area contributed by atoms with Gasteiger partial charge in [0.25, 0.3) is 0 Å². The van der Waals surface area contributed by atoms with Crippen LogP contribution in [0, 0.1) is 0 Å². The smallest absolute Gasteiger partial charge is 0.0309 e. The number of unbranched alkanes of at least 4 members (excludes halogenated alkanes) is 3. The van der Waals surface area contributed by atoms with Gasteiger partial charge in [-0.25, -0.2) is 0 Å². The summed E-state index contributed by atoms with van der Waals surface area (Å²) in [5, 5.41) is 3.91. The summed E-state index contributed by atoms with van der Waals surface area (Å²) in [6.45, 7) is 10.9. The lowest BCUT2D eigenvalue weighted by molar-refractivity contribution is 0.00978. The van der Waals surface area contributed by atoms with Gasteiger partial charge in [0, 0.05) is 24.2 Å². The lowest BCUT2D eigenvalue weighted by atomic mass is 9.77. The molecule has 1 spiro atoms. The van der Waals surface area contributed by atoms with Crippen molar-refractivity contribution in [1.82, 2.24) is 10.2 Å². The molecule has 0 amide bonds. The number of piperazine rings is 1. The Bertz CT molecular complexity index is 266. The number of nitrogens with one attached hydrogen (secondary N) is 1. The SMILES string of the molecule is CCCCCCN1CC2(CCCCC2)NCC1(C)C. The lowest BCUT2D eigenvalue weighted by Crippen LogP contribution is -2.68. The van der Waals surface area contributed by atoms with Gasteiger partial charge >= 0.3 is 0 Å². The second-order valence-electron chi connectivity index (χ2n) is 7.49. The van der Waals surface area contributed by atoms with E-state index in [-0.39, 0.29) is 0 Å². The van der Waals surface area contributed by atoms with E-state index in [4.69, 9.17) is 0 Å². The summed E-state index contributed by atoms with van der Waals surface area (Å²) < 4.78 is 0. The summed E-state index contributed by atoms with van der Waals surface area (Å²) in [4.78, 5) is 2.78. The molecule has 19 heavy (non-hydrogen) atoms. The molecule has 1 aliphatic carbocycles. The third kappa shape index (κ3) is 3.95. The van der Waals surface area contributed by atoms with E-state index in [1.165, 1.54) is 77.4 Å². The minimum Gasteiger partial charge on any atom is -0.308 e. The van der Waals surface area contributed by atoms with Crippen molar-refractivity contribution in [2.24, 2.45) is 0 Å². The molecule has 1 saturated carbocycles. The molecule has 1 saturated heterocycles. The highest BCUT2D eigenvalue weighted by molar-refractivity contribution is 5.02. The monoisotopic (exact) mass is 266 g/mol. The average Bonchev–Trinajstić information content (AvgIpc) is 2.40. The fourth-order valence-electron chi connectivity index (χ4n) is 3.83. The van der Waals surface area contributed by atoms with Crippen molar-refractivity contribution in [1.29, 1.82) is 0 Å². The van der Waals surface area contributed by atoms with Crippen LogP contribution in [0.15, 0.2) is 0 Å². The molecule has 2 nitrogen and oxygen atoms in total. The van der Waals surface area contributed by atoms with Crippen molar-refractivity contribution in [2.45, 2.75) is 89.6 Å². The Morgan fingerprint density at radius 1 is 1.00 bits per heavy atom. The van der Waals surface area contributed by atoms with E-state index in [0.717, 1.165) is 0 Å². The molecule has 1 heterocycles. The van der Waals surface area contributed by atoms with E-state index in [1.807, 2.05) is 0 Å². The van der Waals surface area contributed by atoms with E-state index >= 15 is 0 Å². The predicted octanol–water partition coefficient (Wildman–Crippen LogP) is 3.95. The Kier molecular flexibility index (Phi) is 5.30. The minimum atomic E-state index is 0.342. The van der Waals surface area contributed by atoms with Crippen LogP contribution >= 0.6 is 0 Å². The largest absolute Gasteiger partial charge is 0.308 e. The van der Waals surface area contributed by atoms with E-state index in [0.29, 0.717) is 11.1 Å². The molecule has 0 aromatic heterocycles. The average molecular weight is 266 g/mol. The van der Waals surface area contributed by atoms with Crippen LogP contribution < -0.4 is 5.32 Å². The third-order valence-corrected chi connectivity index (χ3v) is 5.34. The zero-order valence-corrected chi connectivity index (χ0v) is 13.4. The summed E-state index contributed by atoms with van der Waals surface area (Å²) in [7, 11) is 0. The van der Waals surface area contributed by atoms with Crippen molar-refractivity contribution < 1.29 is 0 Å². The number of rotatable bonds is 5. The van der Waals surface area contributed by atoms with Crippen LogP contribution in [0.1, 0.15) is 78.6 Å². The lowest BCUT2D eigenvalue weighted by Gasteiger charge is -2.53. The van der Waals surface area contributed by atoms with Crippen molar-refractivity contribution in [3.8, 4) is 0 Å². The first kappa shape index (κ1) is 15.3. The van der Waals surface area contributed by atoms with Gasteiger partial charge in [-0.15, -0.1) is 0 Å². The first-order valence-corrected chi connectivity index (χ1v) is 8.58. The maximum Gasteiger partial charge on any atom is 0.0309 e. The Hall–Kier alpha value is -0.0800. The highest BCUT2D eigenvalue weighted by Crippen LogP contribution is 2.34. The number of nitrogens with zero attached hydrogens (tertiary/aromatic N) is 1. The molecular formula is C17H34N2. The van der Waals surface area contributed by atoms with Gasteiger partial charge in [-0.1, -0.05) is 45.4 Å². The zero-order valence-electron chi connectivity index (χ0n) is 13.4. The van der Waals surface area contributed by atoms with Gasteiger partial charge in [0.15, 0.2) is 0 Å². The number of hydrogen-bond acceptors (Lipinski definition) is 2. The Labute approximate surface area is 120 Å². The first-order chi connectivity index (χ1) is 9.08. The van der Waals surface area contributed by atoms with Gasteiger partial charge in [0.2, 0.25) is 0 Å². The van der Waals surface area contributed by atoms with Crippen molar-refractivity contribution >= 4 is 0 Å². The molecule has 0 aromatic carbocycles. The molecule has 2 fully saturated rings. The van der Waals surface area contributed by atoms with Gasteiger partial charge < -0.3 is 5.32 Å². The molecule has 2 rings (SSSR count). The second kappa shape index (κ2) is 6.58. The van der Waals surface area contributed by atoms with Crippen LogP contribution in [-0.2, 0) is 0 Å². The second-order valence-corrected chi connectivity index (χ2v) is 7.49. The summed E-state index contributed by atoms with van der Waals surface area (Å²) in [5.41, 5.74) is 0.799. The Balaban J connectivity index is 1.89. The highest BCUT2D eigenvalue weighted by Gasteiger charge is 2.42. The first-order valence-electron chi connectivity index (χ1n) is 8.58. The van der Waals surface area contributed by atoms with Gasteiger partial charge in [-0.3, -0.25) is 4.90 Å². The third-order valence-electron chi connectivity index (χ3n) is 5.34. The molecule has 0 unspecified atom stereocenters. The molecule has 1 N–H and O–H groups in total. The van der Waals surface area contributed by atoms with Gasteiger partial charge in [-0.05, 0) is 39.7 Å². The van der Waals surface area contributed by atoms with Crippen molar-refractivity contribution in [2.75, 3.05) is 19.6 Å². The molecule has 112 valence electrons. The Morgan fingerprint density at radius 3 is 2.42 bits per heavy atom. The van der Waals surface area contributed by atoms with Crippen LogP contribution in [-0.4, -0.2) is 35.6 Å². The van der Waals surface area contributed by atoms with Gasteiger partial charge in [0.1, 0.15) is 0 Å². The molecule has 0 radical (unpaired) electrons.